The van der Waals surface area contributed by atoms with Crippen LogP contribution in [0.1, 0.15) is 26.3 Å². The van der Waals surface area contributed by atoms with Gasteiger partial charge in [0.25, 0.3) is 0 Å². The number of phenols is 1. The first-order valence-electron chi connectivity index (χ1n) is 5.18. The van der Waals surface area contributed by atoms with Gasteiger partial charge in [-0.15, -0.1) is 0 Å². The van der Waals surface area contributed by atoms with E-state index < -0.39 is 11.7 Å². The number of hydrogen-bond acceptors (Lipinski definition) is 3. The van der Waals surface area contributed by atoms with Gasteiger partial charge in [-0.2, -0.15) is 0 Å². The number of carbonyl (C=O) groups is 1. The summed E-state index contributed by atoms with van der Waals surface area (Å²) in [4.78, 5) is 11.5. The molecule has 2 N–H and O–H groups in total. The summed E-state index contributed by atoms with van der Waals surface area (Å²) >= 11 is 3.21. The fourth-order valence-electron chi connectivity index (χ4n) is 1.24. The second-order valence-electron chi connectivity index (χ2n) is 4.77. The maximum atomic E-state index is 11.5. The summed E-state index contributed by atoms with van der Waals surface area (Å²) in [7, 11) is 0. The summed E-state index contributed by atoms with van der Waals surface area (Å²) in [6, 6.07) is 3.43. The monoisotopic (exact) mass is 301 g/mol. The van der Waals surface area contributed by atoms with Crippen molar-refractivity contribution in [3.05, 3.63) is 22.2 Å². The molecule has 0 radical (unpaired) electrons. The molecule has 1 amide bonds. The number of nitrogens with one attached hydrogen (secondary N) is 1. The SMILES string of the molecule is Cc1cc(Br)c(O)c(NC(=O)OC(C)(C)C)c1. The van der Waals surface area contributed by atoms with Crippen LogP contribution in [0.2, 0.25) is 0 Å². The zero-order chi connectivity index (χ0) is 13.2. The van der Waals surface area contributed by atoms with E-state index in [1.54, 1.807) is 32.9 Å². The Morgan fingerprint density at radius 1 is 1.41 bits per heavy atom. The summed E-state index contributed by atoms with van der Waals surface area (Å²) in [5.74, 6) is -0.0125. The number of aromatic hydroxyl groups is 1. The first kappa shape index (κ1) is 13.8. The van der Waals surface area contributed by atoms with Crippen molar-refractivity contribution in [3.63, 3.8) is 0 Å². The standard InChI is InChI=1S/C12H16BrNO3/c1-7-5-8(13)10(15)9(6-7)14-11(16)17-12(2,3)4/h5-6,15H,1-4H3,(H,14,16). The molecule has 0 saturated carbocycles. The van der Waals surface area contributed by atoms with Crippen LogP contribution in [-0.2, 0) is 4.74 Å². The summed E-state index contributed by atoms with van der Waals surface area (Å²) in [6.07, 6.45) is -0.592. The summed E-state index contributed by atoms with van der Waals surface area (Å²) in [5, 5.41) is 12.3. The van der Waals surface area contributed by atoms with Crippen molar-refractivity contribution >= 4 is 27.7 Å². The lowest BCUT2D eigenvalue weighted by Crippen LogP contribution is -2.27. The van der Waals surface area contributed by atoms with Gasteiger partial charge in [0, 0.05) is 0 Å². The van der Waals surface area contributed by atoms with Crippen LogP contribution in [0.25, 0.3) is 0 Å². The van der Waals surface area contributed by atoms with Crippen LogP contribution in [-0.4, -0.2) is 16.8 Å². The van der Waals surface area contributed by atoms with Crippen LogP contribution in [0, 0.1) is 6.92 Å². The number of phenolic OH excluding ortho intramolecular Hbond substituents is 1. The molecule has 0 aliphatic carbocycles. The smallest absolute Gasteiger partial charge is 0.412 e. The maximum absolute atomic E-state index is 11.5. The van der Waals surface area contributed by atoms with E-state index in [1.165, 1.54) is 0 Å². The lowest BCUT2D eigenvalue weighted by Gasteiger charge is -2.20. The molecule has 0 spiro atoms. The largest absolute Gasteiger partial charge is 0.505 e. The minimum atomic E-state index is -0.592. The van der Waals surface area contributed by atoms with Gasteiger partial charge in [0.1, 0.15) is 5.60 Å². The molecule has 1 rings (SSSR count). The van der Waals surface area contributed by atoms with Gasteiger partial charge >= 0.3 is 6.09 Å². The zero-order valence-corrected chi connectivity index (χ0v) is 11.9. The molecule has 0 aliphatic heterocycles. The number of aryl methyl sites for hydroxylation is 1. The summed E-state index contributed by atoms with van der Waals surface area (Å²) in [6.45, 7) is 7.19. The molecule has 0 atom stereocenters. The molecule has 0 bridgehead atoms. The van der Waals surface area contributed by atoms with E-state index >= 15 is 0 Å². The van der Waals surface area contributed by atoms with Crippen molar-refractivity contribution in [2.45, 2.75) is 33.3 Å². The Labute approximate surface area is 109 Å². The van der Waals surface area contributed by atoms with Crippen LogP contribution in [0.5, 0.6) is 5.75 Å². The number of ether oxygens (including phenoxy) is 1. The van der Waals surface area contributed by atoms with E-state index in [2.05, 4.69) is 21.2 Å². The van der Waals surface area contributed by atoms with Crippen molar-refractivity contribution in [1.82, 2.24) is 0 Å². The van der Waals surface area contributed by atoms with Crippen molar-refractivity contribution in [2.75, 3.05) is 5.32 Å². The highest BCUT2D eigenvalue weighted by Gasteiger charge is 2.17. The van der Waals surface area contributed by atoms with Crippen molar-refractivity contribution in [2.24, 2.45) is 0 Å². The Kier molecular flexibility index (Phi) is 4.03. The van der Waals surface area contributed by atoms with Crippen LogP contribution >= 0.6 is 15.9 Å². The van der Waals surface area contributed by atoms with Gasteiger partial charge in [0.15, 0.2) is 5.75 Å². The average Bonchev–Trinajstić information content (AvgIpc) is 2.10. The van der Waals surface area contributed by atoms with E-state index in [0.717, 1.165) is 5.56 Å². The molecule has 94 valence electrons. The highest BCUT2D eigenvalue weighted by atomic mass is 79.9. The Bertz CT molecular complexity index is 438. The molecule has 0 fully saturated rings. The lowest BCUT2D eigenvalue weighted by molar-refractivity contribution is 0.0635. The molecule has 4 nitrogen and oxygen atoms in total. The van der Waals surface area contributed by atoms with Crippen LogP contribution in [0.4, 0.5) is 10.5 Å². The Morgan fingerprint density at radius 3 is 2.53 bits per heavy atom. The molecule has 1 aromatic carbocycles. The third-order valence-electron chi connectivity index (χ3n) is 1.84. The van der Waals surface area contributed by atoms with Gasteiger partial charge in [0.2, 0.25) is 0 Å². The van der Waals surface area contributed by atoms with E-state index in [0.29, 0.717) is 10.2 Å². The molecule has 5 heteroatoms. The first-order valence-corrected chi connectivity index (χ1v) is 5.97. The number of benzene rings is 1. The van der Waals surface area contributed by atoms with Crippen LogP contribution in [0.3, 0.4) is 0 Å². The van der Waals surface area contributed by atoms with Gasteiger partial charge in [-0.1, -0.05) is 0 Å². The Morgan fingerprint density at radius 2 is 2.00 bits per heavy atom. The van der Waals surface area contributed by atoms with Gasteiger partial charge in [0.05, 0.1) is 10.2 Å². The minimum absolute atomic E-state index is 0.0125. The highest BCUT2D eigenvalue weighted by molar-refractivity contribution is 9.10. The maximum Gasteiger partial charge on any atom is 0.412 e. The minimum Gasteiger partial charge on any atom is -0.505 e. The van der Waals surface area contributed by atoms with Crippen molar-refractivity contribution in [3.8, 4) is 5.75 Å². The number of halogens is 1. The Balaban J connectivity index is 2.85. The third-order valence-corrected chi connectivity index (χ3v) is 2.45. The molecule has 0 saturated heterocycles. The topological polar surface area (TPSA) is 58.6 Å². The highest BCUT2D eigenvalue weighted by Crippen LogP contribution is 2.33. The van der Waals surface area contributed by atoms with Gasteiger partial charge in [-0.25, -0.2) is 4.79 Å². The van der Waals surface area contributed by atoms with Crippen LogP contribution < -0.4 is 5.32 Å². The predicted molar refractivity (Wildman–Crippen MR) is 70.4 cm³/mol. The summed E-state index contributed by atoms with van der Waals surface area (Å²) < 4.78 is 5.63. The van der Waals surface area contributed by atoms with Crippen LogP contribution in [0.15, 0.2) is 16.6 Å². The van der Waals surface area contributed by atoms with Crippen molar-refractivity contribution < 1.29 is 14.6 Å². The van der Waals surface area contributed by atoms with Gasteiger partial charge in [-0.05, 0) is 61.3 Å². The number of anilines is 1. The van der Waals surface area contributed by atoms with E-state index in [9.17, 15) is 9.90 Å². The molecule has 0 aliphatic rings. The predicted octanol–water partition coefficient (Wildman–Crippen LogP) is 3.81. The van der Waals surface area contributed by atoms with E-state index in [1.807, 2.05) is 6.92 Å². The van der Waals surface area contributed by atoms with E-state index in [4.69, 9.17) is 4.74 Å². The molecular formula is C12H16BrNO3. The van der Waals surface area contributed by atoms with E-state index in [-0.39, 0.29) is 5.75 Å². The fraction of sp³-hybridized carbons (Fsp3) is 0.417. The normalized spacial score (nSPS) is 11.1. The molecule has 0 aromatic heterocycles. The molecule has 0 unspecified atom stereocenters. The first-order chi connectivity index (χ1) is 7.69. The lowest BCUT2D eigenvalue weighted by atomic mass is 10.2. The molecule has 1 aromatic rings. The second-order valence-corrected chi connectivity index (χ2v) is 5.62. The number of hydrogen-bond donors (Lipinski definition) is 2. The average molecular weight is 302 g/mol. The fourth-order valence-corrected chi connectivity index (χ4v) is 1.82. The van der Waals surface area contributed by atoms with Gasteiger partial charge < -0.3 is 9.84 Å². The quantitative estimate of drug-likeness (QED) is 0.776. The number of carbonyl (C=O) groups excluding carboxylic acids is 1. The molecular weight excluding hydrogens is 286 g/mol. The Hall–Kier alpha value is -1.23. The van der Waals surface area contributed by atoms with Gasteiger partial charge in [-0.3, -0.25) is 5.32 Å². The van der Waals surface area contributed by atoms with Crippen molar-refractivity contribution in [1.29, 1.82) is 0 Å². The second kappa shape index (κ2) is 4.96. The third kappa shape index (κ3) is 4.26. The molecule has 0 heterocycles. The number of rotatable bonds is 1. The number of amides is 1. The summed E-state index contributed by atoms with van der Waals surface area (Å²) in [5.41, 5.74) is 0.674. The molecule has 17 heavy (non-hydrogen) atoms. The zero-order valence-electron chi connectivity index (χ0n) is 10.3.